The van der Waals surface area contributed by atoms with Crippen molar-refractivity contribution in [2.45, 2.75) is 44.8 Å². The highest BCUT2D eigenvalue weighted by Crippen LogP contribution is 2.47. The van der Waals surface area contributed by atoms with Gasteiger partial charge in [0.05, 0.1) is 11.5 Å². The monoisotopic (exact) mass is 471 g/mol. The van der Waals surface area contributed by atoms with Crippen LogP contribution in [0.5, 0.6) is 0 Å². The molecule has 2 N–H and O–H groups in total. The predicted octanol–water partition coefficient (Wildman–Crippen LogP) is -1.32. The molecule has 2 aliphatic rings. The third kappa shape index (κ3) is 4.20. The van der Waals surface area contributed by atoms with E-state index in [0.717, 1.165) is 7.05 Å². The van der Waals surface area contributed by atoms with Gasteiger partial charge in [0.2, 0.25) is 0 Å². The molecule has 2 unspecified atom stereocenters. The van der Waals surface area contributed by atoms with Crippen molar-refractivity contribution in [3.63, 3.8) is 0 Å². The molecule has 2 aliphatic heterocycles. The zero-order chi connectivity index (χ0) is 23.9. The molecule has 3 heterocycles. The number of carboxylic acid groups (broad SMARTS) is 1. The van der Waals surface area contributed by atoms with Gasteiger partial charge in [-0.1, -0.05) is 19.9 Å². The lowest BCUT2D eigenvalue weighted by atomic mass is 9.66. The Morgan fingerprint density at radius 2 is 2.00 bits per heavy atom. The summed E-state index contributed by atoms with van der Waals surface area (Å²) in [7, 11) is -3.88. The molecule has 2 atom stereocenters. The van der Waals surface area contributed by atoms with Crippen molar-refractivity contribution in [3.05, 3.63) is 30.6 Å². The van der Waals surface area contributed by atoms with Crippen LogP contribution in [0.4, 0.5) is 9.59 Å². The number of aromatic nitrogens is 1. The molecule has 0 aromatic carbocycles. The van der Waals surface area contributed by atoms with E-state index in [2.05, 4.69) is 9.71 Å². The molecule has 0 radical (unpaired) electrons. The number of amides is 4. The molecule has 2 saturated heterocycles. The highest BCUT2D eigenvalue weighted by atomic mass is 32.3. The van der Waals surface area contributed by atoms with Gasteiger partial charge in [-0.3, -0.25) is 19.8 Å². The van der Waals surface area contributed by atoms with Gasteiger partial charge in [0.1, 0.15) is 5.54 Å². The van der Waals surface area contributed by atoms with E-state index in [0.29, 0.717) is 10.1 Å². The number of nitrogens with zero attached hydrogens (tertiary/aromatic N) is 4. The van der Waals surface area contributed by atoms with Gasteiger partial charge in [-0.05, 0) is 12.8 Å². The molecule has 0 aliphatic carbocycles. The maximum atomic E-state index is 13.5. The van der Waals surface area contributed by atoms with Gasteiger partial charge in [0.15, 0.2) is 25.0 Å². The largest absolute Gasteiger partial charge is 0.529 e. The lowest BCUT2D eigenvalue weighted by Crippen LogP contribution is -2.72. The second kappa shape index (κ2) is 8.18. The van der Waals surface area contributed by atoms with Crippen LogP contribution in [0.15, 0.2) is 30.6 Å². The first kappa shape index (κ1) is 23.7. The summed E-state index contributed by atoms with van der Waals surface area (Å²) in [6, 6.07) is 3.77. The van der Waals surface area contributed by atoms with Crippen molar-refractivity contribution < 1.29 is 41.3 Å². The molecule has 32 heavy (non-hydrogen) atoms. The topological polar surface area (TPSA) is 164 Å². The summed E-state index contributed by atoms with van der Waals surface area (Å²) in [5, 5.41) is 12.2. The van der Waals surface area contributed by atoms with Gasteiger partial charge < -0.3 is 14.8 Å². The number of hydrogen-bond acceptors (Lipinski definition) is 7. The Bertz CT molecular complexity index is 1020. The fourth-order valence-electron chi connectivity index (χ4n) is 4.54. The summed E-state index contributed by atoms with van der Waals surface area (Å²) in [6.07, 6.45) is 2.17. The van der Waals surface area contributed by atoms with E-state index in [4.69, 9.17) is 4.55 Å². The second-order valence-corrected chi connectivity index (χ2v) is 9.48. The molecule has 4 amide bonds. The van der Waals surface area contributed by atoms with Gasteiger partial charge in [-0.15, -0.1) is 4.28 Å². The van der Waals surface area contributed by atoms with Crippen LogP contribution in [0.25, 0.3) is 0 Å². The molecule has 14 heteroatoms. The number of fused-ring (bicyclic) bond motifs is 2. The summed E-state index contributed by atoms with van der Waals surface area (Å²) in [5.41, 5.74) is -0.296. The standard InChI is InChI=1S/C18H25N5O8S/c1-17(2,12-21-9-5-4-6-10-21)18(14(24)19-20(3)16(26)27)8-7-13-11-22(18)15(25)23(13)31-32(28,29)30/h4-6,9-10,13H,7-8,11-12H2,1-3H3,(H2-,19,24,26,27,28,29,30). The quantitative estimate of drug-likeness (QED) is 0.293. The number of nitrogens with one attached hydrogen (secondary N) is 1. The average Bonchev–Trinajstić information content (AvgIpc) is 2.92. The molecule has 2 fully saturated rings. The lowest BCUT2D eigenvalue weighted by Gasteiger charge is -2.50. The van der Waals surface area contributed by atoms with Crippen LogP contribution in [0.1, 0.15) is 26.7 Å². The predicted molar refractivity (Wildman–Crippen MR) is 104 cm³/mol. The van der Waals surface area contributed by atoms with Gasteiger partial charge in [-0.2, -0.15) is 13.5 Å². The number of piperidine rings is 1. The number of urea groups is 1. The normalized spacial score (nSPS) is 23.2. The van der Waals surface area contributed by atoms with Crippen molar-refractivity contribution >= 4 is 28.4 Å². The summed E-state index contributed by atoms with van der Waals surface area (Å²) >= 11 is 0. The molecule has 3 rings (SSSR count). The van der Waals surface area contributed by atoms with E-state index >= 15 is 0 Å². The number of hydrazine groups is 1. The molecule has 0 saturated carbocycles. The van der Waals surface area contributed by atoms with E-state index in [1.807, 2.05) is 10.6 Å². The summed E-state index contributed by atoms with van der Waals surface area (Å²) in [6.45, 7) is 3.72. The van der Waals surface area contributed by atoms with E-state index in [-0.39, 0.29) is 25.9 Å². The minimum Gasteiger partial charge on any atom is -0.529 e. The smallest absolute Gasteiger partial charge is 0.418 e. The van der Waals surface area contributed by atoms with Crippen LogP contribution in [0, 0.1) is 5.41 Å². The third-order valence-corrected chi connectivity index (χ3v) is 6.36. The molecular weight excluding hydrogens is 446 g/mol. The van der Waals surface area contributed by atoms with Crippen molar-refractivity contribution in [2.24, 2.45) is 5.41 Å². The SMILES string of the molecule is CN(NC(=O)C1(C(C)(C)C[n+]2ccccc2)CCC2CN1C(=O)N2OS(=O)(=O)O)C(=O)[O-]. The Kier molecular flexibility index (Phi) is 6.06. The summed E-state index contributed by atoms with van der Waals surface area (Å²) in [4.78, 5) is 39.0. The second-order valence-electron chi connectivity index (χ2n) is 8.47. The first-order valence-electron chi connectivity index (χ1n) is 9.76. The van der Waals surface area contributed by atoms with Crippen molar-refractivity contribution in [2.75, 3.05) is 13.6 Å². The number of hydroxylamine groups is 2. The zero-order valence-corrected chi connectivity index (χ0v) is 18.6. The fourth-order valence-corrected chi connectivity index (χ4v) is 4.92. The van der Waals surface area contributed by atoms with E-state index in [1.165, 1.54) is 4.90 Å². The highest BCUT2D eigenvalue weighted by molar-refractivity contribution is 7.80. The van der Waals surface area contributed by atoms with E-state index < -0.39 is 45.4 Å². The molecule has 1 aromatic heterocycles. The lowest BCUT2D eigenvalue weighted by molar-refractivity contribution is -0.710. The Hall–Kier alpha value is -2.97. The van der Waals surface area contributed by atoms with Crippen LogP contribution in [0.2, 0.25) is 0 Å². The molecular formula is C18H25N5O8S. The Morgan fingerprint density at radius 1 is 1.38 bits per heavy atom. The van der Waals surface area contributed by atoms with Crippen LogP contribution < -0.4 is 15.1 Å². The first-order chi connectivity index (χ1) is 14.8. The van der Waals surface area contributed by atoms with Gasteiger partial charge in [-0.25, -0.2) is 9.36 Å². The summed E-state index contributed by atoms with van der Waals surface area (Å²) < 4.78 is 37.8. The average molecular weight is 471 g/mol. The number of rotatable bonds is 6. The Balaban J connectivity index is 2.04. The molecule has 176 valence electrons. The highest BCUT2D eigenvalue weighted by Gasteiger charge is 2.65. The van der Waals surface area contributed by atoms with Crippen molar-refractivity contribution in [3.8, 4) is 0 Å². The maximum absolute atomic E-state index is 13.5. The number of carbonyl (C=O) groups is 3. The Labute approximate surface area is 185 Å². The van der Waals surface area contributed by atoms with E-state index in [9.17, 15) is 27.9 Å². The van der Waals surface area contributed by atoms with Crippen LogP contribution in [-0.2, 0) is 26.0 Å². The van der Waals surface area contributed by atoms with Gasteiger partial charge in [0.25, 0.3) is 5.91 Å². The fraction of sp³-hybridized carbons (Fsp3) is 0.556. The first-order valence-corrected chi connectivity index (χ1v) is 11.1. The zero-order valence-electron chi connectivity index (χ0n) is 17.8. The van der Waals surface area contributed by atoms with Crippen LogP contribution >= 0.6 is 0 Å². The molecule has 13 nitrogen and oxygen atoms in total. The number of hydrogen-bond donors (Lipinski definition) is 2. The van der Waals surface area contributed by atoms with Crippen LogP contribution in [0.3, 0.4) is 0 Å². The van der Waals surface area contributed by atoms with Gasteiger partial charge in [0, 0.05) is 25.7 Å². The van der Waals surface area contributed by atoms with E-state index in [1.54, 1.807) is 38.4 Å². The number of carbonyl (C=O) groups excluding carboxylic acids is 3. The molecule has 1 aromatic rings. The minimum absolute atomic E-state index is 0.0559. The van der Waals surface area contributed by atoms with Crippen molar-refractivity contribution in [1.29, 1.82) is 0 Å². The van der Waals surface area contributed by atoms with Gasteiger partial charge >= 0.3 is 16.4 Å². The van der Waals surface area contributed by atoms with Crippen LogP contribution in [-0.4, -0.2) is 71.1 Å². The summed E-state index contributed by atoms with van der Waals surface area (Å²) in [5.74, 6) is -0.772. The Morgan fingerprint density at radius 3 is 2.56 bits per heavy atom. The maximum Gasteiger partial charge on any atom is 0.418 e. The van der Waals surface area contributed by atoms with Crippen molar-refractivity contribution in [1.82, 2.24) is 20.4 Å². The molecule has 2 bridgehead atoms. The number of pyridine rings is 1. The molecule has 0 spiro atoms. The third-order valence-electron chi connectivity index (χ3n) is 6.01. The minimum atomic E-state index is -4.97.